The molecule has 25 heavy (non-hydrogen) atoms. The summed E-state index contributed by atoms with van der Waals surface area (Å²) in [4.78, 5) is 4.36. The minimum atomic E-state index is -3.68. The molecule has 1 heterocycles. The number of hydrazone groups is 1. The van der Waals surface area contributed by atoms with Gasteiger partial charge in [0.1, 0.15) is 0 Å². The molecule has 2 aromatic carbocycles. The van der Waals surface area contributed by atoms with Crippen LogP contribution in [0.4, 0.5) is 0 Å². The number of sulfonamides is 1. The SMILES string of the molecule is N#Cc1ccccc1/C=N/NC1=NCCN1S(=O)(=O)c1ccccc1. The Morgan fingerprint density at radius 1 is 1.16 bits per heavy atom. The van der Waals surface area contributed by atoms with E-state index < -0.39 is 10.0 Å². The van der Waals surface area contributed by atoms with Gasteiger partial charge in [-0.15, -0.1) is 0 Å². The van der Waals surface area contributed by atoms with Crippen molar-refractivity contribution in [3.8, 4) is 6.07 Å². The molecule has 1 aliphatic heterocycles. The third-order valence-electron chi connectivity index (χ3n) is 3.58. The molecule has 1 N–H and O–H groups in total. The summed E-state index contributed by atoms with van der Waals surface area (Å²) in [7, 11) is -3.68. The zero-order valence-electron chi connectivity index (χ0n) is 13.2. The largest absolute Gasteiger partial charge is 0.266 e. The van der Waals surface area contributed by atoms with Crippen LogP contribution in [0.2, 0.25) is 0 Å². The molecular weight excluding hydrogens is 338 g/mol. The topological polar surface area (TPSA) is 97.9 Å². The van der Waals surface area contributed by atoms with Gasteiger partial charge in [0.25, 0.3) is 10.0 Å². The maximum absolute atomic E-state index is 12.7. The molecule has 8 heteroatoms. The molecule has 0 bridgehead atoms. The average Bonchev–Trinajstić information content (AvgIpc) is 3.12. The van der Waals surface area contributed by atoms with Gasteiger partial charge in [-0.2, -0.15) is 10.4 Å². The van der Waals surface area contributed by atoms with E-state index in [0.29, 0.717) is 17.7 Å². The highest BCUT2D eigenvalue weighted by molar-refractivity contribution is 7.89. The zero-order chi connectivity index (χ0) is 17.7. The van der Waals surface area contributed by atoms with Crippen molar-refractivity contribution in [2.24, 2.45) is 10.1 Å². The minimum absolute atomic E-state index is 0.162. The van der Waals surface area contributed by atoms with E-state index in [1.54, 1.807) is 42.5 Å². The van der Waals surface area contributed by atoms with Crippen LogP contribution < -0.4 is 5.43 Å². The number of hydrogen-bond donors (Lipinski definition) is 1. The smallest absolute Gasteiger partial charge is 0.249 e. The average molecular weight is 353 g/mol. The number of nitrogens with one attached hydrogen (secondary N) is 1. The predicted molar refractivity (Wildman–Crippen MR) is 94.5 cm³/mol. The van der Waals surface area contributed by atoms with Crippen LogP contribution in [0.15, 0.2) is 69.6 Å². The van der Waals surface area contributed by atoms with E-state index in [0.717, 1.165) is 0 Å². The first-order valence-corrected chi connectivity index (χ1v) is 8.97. The van der Waals surface area contributed by atoms with Crippen molar-refractivity contribution < 1.29 is 8.42 Å². The van der Waals surface area contributed by atoms with Gasteiger partial charge in [0, 0.05) is 5.56 Å². The van der Waals surface area contributed by atoms with E-state index in [1.165, 1.54) is 22.7 Å². The molecule has 0 saturated carbocycles. The van der Waals surface area contributed by atoms with Crippen LogP contribution in [0.1, 0.15) is 11.1 Å². The molecule has 0 atom stereocenters. The van der Waals surface area contributed by atoms with Crippen LogP contribution >= 0.6 is 0 Å². The standard InChI is InChI=1S/C17H15N5O2S/c18-12-14-6-4-5-7-15(14)13-20-21-17-19-10-11-22(17)25(23,24)16-8-2-1-3-9-16/h1-9,13H,10-11H2,(H,19,21)/b20-13+. The van der Waals surface area contributed by atoms with Crippen molar-refractivity contribution in [2.75, 3.05) is 13.1 Å². The van der Waals surface area contributed by atoms with Gasteiger partial charge in [-0.1, -0.05) is 36.4 Å². The quantitative estimate of drug-likeness (QED) is 0.666. The molecule has 1 aliphatic rings. The number of aliphatic imine (C=N–C) groups is 1. The first-order chi connectivity index (χ1) is 12.1. The monoisotopic (exact) mass is 353 g/mol. The number of rotatable bonds is 4. The maximum atomic E-state index is 12.7. The van der Waals surface area contributed by atoms with Crippen LogP contribution in [0, 0.1) is 11.3 Å². The van der Waals surface area contributed by atoms with Gasteiger partial charge in [0.2, 0.25) is 5.96 Å². The molecule has 3 rings (SSSR count). The summed E-state index contributed by atoms with van der Waals surface area (Å²) in [5.74, 6) is 0.162. The van der Waals surface area contributed by atoms with E-state index in [1.807, 2.05) is 0 Å². The Balaban J connectivity index is 1.77. The molecule has 0 fully saturated rings. The Morgan fingerprint density at radius 2 is 1.88 bits per heavy atom. The molecule has 0 saturated heterocycles. The summed E-state index contributed by atoms with van der Waals surface area (Å²) >= 11 is 0. The van der Waals surface area contributed by atoms with Crippen LogP contribution in [0.5, 0.6) is 0 Å². The highest BCUT2D eigenvalue weighted by Crippen LogP contribution is 2.17. The summed E-state index contributed by atoms with van der Waals surface area (Å²) in [6.45, 7) is 0.614. The highest BCUT2D eigenvalue weighted by atomic mass is 32.2. The van der Waals surface area contributed by atoms with Gasteiger partial charge >= 0.3 is 0 Å². The number of nitriles is 1. The molecule has 0 amide bonds. The normalized spacial score (nSPS) is 14.4. The Hall–Kier alpha value is -3.18. The molecule has 0 aromatic heterocycles. The molecule has 7 nitrogen and oxygen atoms in total. The molecule has 0 unspecified atom stereocenters. The lowest BCUT2D eigenvalue weighted by molar-refractivity contribution is 0.532. The molecule has 0 spiro atoms. The van der Waals surface area contributed by atoms with Crippen molar-refractivity contribution in [1.29, 1.82) is 5.26 Å². The van der Waals surface area contributed by atoms with Crippen molar-refractivity contribution in [2.45, 2.75) is 4.90 Å². The van der Waals surface area contributed by atoms with Gasteiger partial charge in [0.15, 0.2) is 0 Å². The summed E-state index contributed by atoms with van der Waals surface area (Å²) in [6, 6.07) is 17.2. The van der Waals surface area contributed by atoms with Crippen molar-refractivity contribution >= 4 is 22.2 Å². The first-order valence-electron chi connectivity index (χ1n) is 7.53. The maximum Gasteiger partial charge on any atom is 0.266 e. The van der Waals surface area contributed by atoms with Crippen molar-refractivity contribution in [1.82, 2.24) is 9.73 Å². The van der Waals surface area contributed by atoms with Crippen molar-refractivity contribution in [3.05, 3.63) is 65.7 Å². The summed E-state index contributed by atoms with van der Waals surface area (Å²) in [5.41, 5.74) is 3.78. The lowest BCUT2D eigenvalue weighted by Crippen LogP contribution is -2.40. The van der Waals surface area contributed by atoms with Gasteiger partial charge in [-0.25, -0.2) is 23.1 Å². The third kappa shape index (κ3) is 3.51. The molecular formula is C17H15N5O2S. The van der Waals surface area contributed by atoms with Crippen LogP contribution in [0.3, 0.4) is 0 Å². The summed E-state index contributed by atoms with van der Waals surface area (Å²) in [5, 5.41) is 13.1. The Morgan fingerprint density at radius 3 is 2.64 bits per heavy atom. The van der Waals surface area contributed by atoms with E-state index in [-0.39, 0.29) is 17.4 Å². The second-order valence-electron chi connectivity index (χ2n) is 5.16. The Bertz CT molecular complexity index is 962. The van der Waals surface area contributed by atoms with E-state index >= 15 is 0 Å². The van der Waals surface area contributed by atoms with Crippen molar-refractivity contribution in [3.63, 3.8) is 0 Å². The first kappa shape index (κ1) is 16.7. The van der Waals surface area contributed by atoms with Gasteiger partial charge in [0.05, 0.1) is 35.8 Å². The zero-order valence-corrected chi connectivity index (χ0v) is 14.0. The molecule has 2 aromatic rings. The fourth-order valence-corrected chi connectivity index (χ4v) is 3.75. The van der Waals surface area contributed by atoms with Crippen LogP contribution in [-0.4, -0.2) is 38.0 Å². The Kier molecular flexibility index (Phi) is 4.77. The minimum Gasteiger partial charge on any atom is -0.249 e. The predicted octanol–water partition coefficient (Wildman–Crippen LogP) is 1.54. The fraction of sp³-hybridized carbons (Fsp3) is 0.118. The number of benzene rings is 2. The molecule has 0 aliphatic carbocycles. The number of hydrogen-bond acceptors (Lipinski definition) is 6. The second-order valence-corrected chi connectivity index (χ2v) is 7.03. The number of guanidine groups is 1. The van der Waals surface area contributed by atoms with E-state index in [2.05, 4.69) is 21.6 Å². The lowest BCUT2D eigenvalue weighted by atomic mass is 10.1. The lowest BCUT2D eigenvalue weighted by Gasteiger charge is -2.19. The second kappa shape index (κ2) is 7.15. The van der Waals surface area contributed by atoms with E-state index in [4.69, 9.17) is 5.26 Å². The van der Waals surface area contributed by atoms with Gasteiger partial charge < -0.3 is 0 Å². The fourth-order valence-electron chi connectivity index (χ4n) is 2.35. The van der Waals surface area contributed by atoms with Gasteiger partial charge in [-0.05, 0) is 18.2 Å². The van der Waals surface area contributed by atoms with Crippen LogP contribution in [0.25, 0.3) is 0 Å². The van der Waals surface area contributed by atoms with Gasteiger partial charge in [-0.3, -0.25) is 0 Å². The third-order valence-corrected chi connectivity index (χ3v) is 5.39. The van der Waals surface area contributed by atoms with E-state index in [9.17, 15) is 8.42 Å². The summed E-state index contributed by atoms with van der Waals surface area (Å²) < 4.78 is 26.6. The van der Waals surface area contributed by atoms with Crippen LogP contribution in [-0.2, 0) is 10.0 Å². The highest BCUT2D eigenvalue weighted by Gasteiger charge is 2.30. The Labute approximate surface area is 146 Å². The number of nitrogens with zero attached hydrogens (tertiary/aromatic N) is 4. The molecule has 126 valence electrons. The summed E-state index contributed by atoms with van der Waals surface area (Å²) in [6.07, 6.45) is 1.46. The molecule has 0 radical (unpaired) electrons.